The second-order valence-electron chi connectivity index (χ2n) is 2.53. The lowest BCUT2D eigenvalue weighted by atomic mass is 10.1. The molecule has 0 aromatic carbocycles. The third-order valence-electron chi connectivity index (χ3n) is 1.27. The first-order valence-electron chi connectivity index (χ1n) is 3.79. The molecule has 62 valence electrons. The maximum Gasteiger partial charge on any atom is 0.140 e. The highest BCUT2D eigenvalue weighted by atomic mass is 16.1. The molecule has 0 rings (SSSR count). The zero-order valence-corrected chi connectivity index (χ0v) is 7.09. The first-order valence-corrected chi connectivity index (χ1v) is 3.79. The van der Waals surface area contributed by atoms with E-state index in [0.29, 0.717) is 6.42 Å². The second kappa shape index (κ2) is 5.83. The van der Waals surface area contributed by atoms with Gasteiger partial charge in [0.1, 0.15) is 11.6 Å². The van der Waals surface area contributed by atoms with Gasteiger partial charge in [0.05, 0.1) is 6.42 Å². The molecule has 0 N–H and O–H groups in total. The largest absolute Gasteiger partial charge is 0.300 e. The monoisotopic (exact) mass is 154 g/mol. The summed E-state index contributed by atoms with van der Waals surface area (Å²) in [5, 5.41) is 0. The van der Waals surface area contributed by atoms with Crippen molar-refractivity contribution in [3.63, 3.8) is 0 Å². The van der Waals surface area contributed by atoms with Crippen LogP contribution in [0.25, 0.3) is 0 Å². The normalized spacial score (nSPS) is 10.4. The van der Waals surface area contributed by atoms with E-state index in [1.54, 1.807) is 0 Å². The Labute approximate surface area is 67.3 Å². The molecule has 0 aromatic heterocycles. The lowest BCUT2D eigenvalue weighted by molar-refractivity contribution is -0.125. The number of carbonyl (C=O) groups excluding carboxylic acids is 2. The van der Waals surface area contributed by atoms with Crippen LogP contribution in [0, 0.1) is 0 Å². The predicted octanol–water partition coefficient (Wildman–Crippen LogP) is 1.89. The highest BCUT2D eigenvalue weighted by Gasteiger charge is 2.02. The molecule has 0 atom stereocenters. The van der Waals surface area contributed by atoms with Crippen LogP contribution in [0.15, 0.2) is 12.2 Å². The smallest absolute Gasteiger partial charge is 0.140 e. The standard InChI is InChI=1S/C9H14O2/c1-3-4-5-6-9(11)7-8(2)10/h3-4H,5-7H2,1-2H3/b4-3-. The van der Waals surface area contributed by atoms with Crippen LogP contribution in [-0.2, 0) is 9.59 Å². The summed E-state index contributed by atoms with van der Waals surface area (Å²) in [4.78, 5) is 21.3. The quantitative estimate of drug-likeness (QED) is 0.447. The van der Waals surface area contributed by atoms with E-state index in [9.17, 15) is 9.59 Å². The average Bonchev–Trinajstić information content (AvgIpc) is 1.86. The van der Waals surface area contributed by atoms with Crippen LogP contribution in [0.4, 0.5) is 0 Å². The molecular weight excluding hydrogens is 140 g/mol. The average molecular weight is 154 g/mol. The molecule has 0 aromatic rings. The van der Waals surface area contributed by atoms with Gasteiger partial charge in [0, 0.05) is 6.42 Å². The third-order valence-corrected chi connectivity index (χ3v) is 1.27. The van der Waals surface area contributed by atoms with E-state index < -0.39 is 0 Å². The van der Waals surface area contributed by atoms with Crippen molar-refractivity contribution in [2.45, 2.75) is 33.1 Å². The fourth-order valence-corrected chi connectivity index (χ4v) is 0.777. The summed E-state index contributed by atoms with van der Waals surface area (Å²) in [6.45, 7) is 3.35. The first-order chi connectivity index (χ1) is 5.16. The van der Waals surface area contributed by atoms with E-state index in [0.717, 1.165) is 6.42 Å². The highest BCUT2D eigenvalue weighted by Crippen LogP contribution is 1.96. The Kier molecular flexibility index (Phi) is 5.35. The Morgan fingerprint density at radius 1 is 1.36 bits per heavy atom. The van der Waals surface area contributed by atoms with Crippen LogP contribution < -0.4 is 0 Å². The van der Waals surface area contributed by atoms with E-state index in [-0.39, 0.29) is 18.0 Å². The minimum atomic E-state index is -0.0459. The Morgan fingerprint density at radius 3 is 2.45 bits per heavy atom. The minimum Gasteiger partial charge on any atom is -0.300 e. The van der Waals surface area contributed by atoms with E-state index in [4.69, 9.17) is 0 Å². The molecule has 0 saturated carbocycles. The van der Waals surface area contributed by atoms with E-state index >= 15 is 0 Å². The zero-order valence-electron chi connectivity index (χ0n) is 7.09. The second-order valence-corrected chi connectivity index (χ2v) is 2.53. The molecule has 0 amide bonds. The summed E-state index contributed by atoms with van der Waals surface area (Å²) in [5.41, 5.74) is 0. The van der Waals surface area contributed by atoms with E-state index in [1.807, 2.05) is 19.1 Å². The third kappa shape index (κ3) is 6.97. The predicted molar refractivity (Wildman–Crippen MR) is 44.4 cm³/mol. The van der Waals surface area contributed by atoms with Crippen LogP contribution in [-0.4, -0.2) is 11.6 Å². The van der Waals surface area contributed by atoms with Crippen LogP contribution in [0.3, 0.4) is 0 Å². The van der Waals surface area contributed by atoms with E-state index in [1.165, 1.54) is 6.92 Å². The summed E-state index contributed by atoms with van der Waals surface area (Å²) in [5.74, 6) is -0.00826. The van der Waals surface area contributed by atoms with Crippen molar-refractivity contribution in [3.05, 3.63) is 12.2 Å². The Bertz CT molecular complexity index is 168. The Morgan fingerprint density at radius 2 is 2.00 bits per heavy atom. The maximum atomic E-state index is 10.9. The molecule has 2 nitrogen and oxygen atoms in total. The van der Waals surface area contributed by atoms with Crippen molar-refractivity contribution in [1.82, 2.24) is 0 Å². The maximum absolute atomic E-state index is 10.9. The molecule has 2 heteroatoms. The van der Waals surface area contributed by atoms with Gasteiger partial charge in [-0.3, -0.25) is 9.59 Å². The number of allylic oxidation sites excluding steroid dienone is 2. The van der Waals surface area contributed by atoms with Crippen LogP contribution in [0.5, 0.6) is 0 Å². The van der Waals surface area contributed by atoms with Crippen molar-refractivity contribution >= 4 is 11.6 Å². The molecule has 0 heterocycles. The molecule has 0 spiro atoms. The summed E-state index contributed by atoms with van der Waals surface area (Å²) in [6, 6.07) is 0. The summed E-state index contributed by atoms with van der Waals surface area (Å²) < 4.78 is 0. The molecule has 0 saturated heterocycles. The minimum absolute atomic E-state index is 0.0376. The first kappa shape index (κ1) is 10.1. The molecule has 0 unspecified atom stereocenters. The lowest BCUT2D eigenvalue weighted by Gasteiger charge is -1.92. The van der Waals surface area contributed by atoms with Crippen molar-refractivity contribution in [3.8, 4) is 0 Å². The molecular formula is C9H14O2. The molecule has 11 heavy (non-hydrogen) atoms. The van der Waals surface area contributed by atoms with Crippen molar-refractivity contribution in [2.75, 3.05) is 0 Å². The van der Waals surface area contributed by atoms with Crippen LogP contribution in [0.2, 0.25) is 0 Å². The van der Waals surface area contributed by atoms with Gasteiger partial charge in [0.15, 0.2) is 0 Å². The van der Waals surface area contributed by atoms with Crippen molar-refractivity contribution in [1.29, 1.82) is 0 Å². The number of hydrogen-bond donors (Lipinski definition) is 0. The number of carbonyl (C=O) groups is 2. The summed E-state index contributed by atoms with van der Waals surface area (Å²) in [7, 11) is 0. The van der Waals surface area contributed by atoms with Gasteiger partial charge < -0.3 is 0 Å². The number of hydrogen-bond acceptors (Lipinski definition) is 2. The van der Waals surface area contributed by atoms with Gasteiger partial charge in [-0.15, -0.1) is 0 Å². The van der Waals surface area contributed by atoms with Gasteiger partial charge in [-0.1, -0.05) is 12.2 Å². The Balaban J connectivity index is 3.45. The van der Waals surface area contributed by atoms with Crippen molar-refractivity contribution in [2.24, 2.45) is 0 Å². The van der Waals surface area contributed by atoms with Gasteiger partial charge in [-0.05, 0) is 20.3 Å². The molecule has 0 aliphatic rings. The summed E-state index contributed by atoms with van der Waals surface area (Å²) >= 11 is 0. The number of Topliss-reactive ketones (excluding diaryl/α,β-unsaturated/α-hetero) is 2. The SMILES string of the molecule is C/C=C\CCC(=O)CC(C)=O. The van der Waals surface area contributed by atoms with E-state index in [2.05, 4.69) is 0 Å². The van der Waals surface area contributed by atoms with Gasteiger partial charge in [-0.2, -0.15) is 0 Å². The van der Waals surface area contributed by atoms with Gasteiger partial charge >= 0.3 is 0 Å². The Hall–Kier alpha value is -0.920. The lowest BCUT2D eigenvalue weighted by Crippen LogP contribution is -2.03. The van der Waals surface area contributed by atoms with Crippen LogP contribution in [0.1, 0.15) is 33.1 Å². The molecule has 0 aliphatic carbocycles. The summed E-state index contributed by atoms with van der Waals surface area (Å²) in [6.07, 6.45) is 5.17. The molecule has 0 radical (unpaired) electrons. The van der Waals surface area contributed by atoms with Gasteiger partial charge in [-0.25, -0.2) is 0 Å². The van der Waals surface area contributed by atoms with Gasteiger partial charge in [0.2, 0.25) is 0 Å². The number of ketones is 2. The molecule has 0 aliphatic heterocycles. The number of rotatable bonds is 5. The topological polar surface area (TPSA) is 34.1 Å². The molecule has 0 bridgehead atoms. The zero-order chi connectivity index (χ0) is 8.69. The fraction of sp³-hybridized carbons (Fsp3) is 0.556. The van der Waals surface area contributed by atoms with Crippen molar-refractivity contribution < 1.29 is 9.59 Å². The fourth-order valence-electron chi connectivity index (χ4n) is 0.777. The molecule has 0 fully saturated rings. The van der Waals surface area contributed by atoms with Gasteiger partial charge in [0.25, 0.3) is 0 Å². The van der Waals surface area contributed by atoms with Crippen LogP contribution >= 0.6 is 0 Å². The highest BCUT2D eigenvalue weighted by molar-refractivity contribution is 5.97.